The molecule has 0 spiro atoms. The summed E-state index contributed by atoms with van der Waals surface area (Å²) in [5.41, 5.74) is 2.60. The number of hydrogen-bond acceptors (Lipinski definition) is 3. The number of carbonyl (C=O) groups is 1. The number of nitrogens with one attached hydrogen (secondary N) is 1. The molecule has 0 bridgehead atoms. The van der Waals surface area contributed by atoms with Gasteiger partial charge in [0.05, 0.1) is 17.3 Å². The van der Waals surface area contributed by atoms with Crippen molar-refractivity contribution in [1.82, 2.24) is 15.1 Å². The number of rotatable bonds is 5. The van der Waals surface area contributed by atoms with E-state index in [0.29, 0.717) is 12.8 Å². The van der Waals surface area contributed by atoms with E-state index >= 15 is 0 Å². The van der Waals surface area contributed by atoms with E-state index < -0.39 is 11.6 Å². The highest BCUT2D eigenvalue weighted by molar-refractivity contribution is 5.77. The van der Waals surface area contributed by atoms with Crippen LogP contribution in [0.5, 0.6) is 0 Å². The SMILES string of the molecule is Cc1nn(C)c(C)c1CCC(=O)NC(C)(C)C(C)O. The molecule has 0 radical (unpaired) electrons. The largest absolute Gasteiger partial charge is 0.391 e. The van der Waals surface area contributed by atoms with Crippen molar-refractivity contribution in [3.8, 4) is 0 Å². The van der Waals surface area contributed by atoms with Gasteiger partial charge in [-0.05, 0) is 46.6 Å². The fourth-order valence-corrected chi connectivity index (χ4v) is 1.94. The molecule has 0 aliphatic heterocycles. The molecule has 5 heteroatoms. The monoisotopic (exact) mass is 267 g/mol. The molecule has 1 unspecified atom stereocenters. The Labute approximate surface area is 115 Å². The van der Waals surface area contributed by atoms with Gasteiger partial charge in [-0.3, -0.25) is 9.48 Å². The lowest BCUT2D eigenvalue weighted by Gasteiger charge is -2.29. The fraction of sp³-hybridized carbons (Fsp3) is 0.714. The van der Waals surface area contributed by atoms with E-state index in [-0.39, 0.29) is 5.91 Å². The Morgan fingerprint density at radius 2 is 2.05 bits per heavy atom. The van der Waals surface area contributed by atoms with E-state index in [0.717, 1.165) is 17.0 Å². The average Bonchev–Trinajstić information content (AvgIpc) is 2.50. The lowest BCUT2D eigenvalue weighted by Crippen LogP contribution is -2.51. The van der Waals surface area contributed by atoms with Crippen LogP contribution in [0, 0.1) is 13.8 Å². The second kappa shape index (κ2) is 5.74. The maximum Gasteiger partial charge on any atom is 0.220 e. The summed E-state index contributed by atoms with van der Waals surface area (Å²) in [5, 5.41) is 16.8. The zero-order valence-electron chi connectivity index (χ0n) is 12.7. The van der Waals surface area contributed by atoms with Gasteiger partial charge in [-0.2, -0.15) is 5.10 Å². The van der Waals surface area contributed by atoms with Gasteiger partial charge < -0.3 is 10.4 Å². The molecule has 0 aliphatic carbocycles. The molecule has 0 aliphatic rings. The first-order valence-electron chi connectivity index (χ1n) is 6.63. The zero-order chi connectivity index (χ0) is 14.8. The highest BCUT2D eigenvalue weighted by atomic mass is 16.3. The van der Waals surface area contributed by atoms with Gasteiger partial charge in [0.1, 0.15) is 0 Å². The first-order valence-corrected chi connectivity index (χ1v) is 6.63. The Hall–Kier alpha value is -1.36. The molecule has 108 valence electrons. The molecule has 1 atom stereocenters. The minimum Gasteiger partial charge on any atom is -0.391 e. The first-order chi connectivity index (χ1) is 8.65. The molecule has 0 fully saturated rings. The summed E-state index contributed by atoms with van der Waals surface area (Å²) in [5.74, 6) is -0.0476. The third-order valence-electron chi connectivity index (χ3n) is 3.77. The summed E-state index contributed by atoms with van der Waals surface area (Å²) >= 11 is 0. The van der Waals surface area contributed by atoms with Crippen molar-refractivity contribution >= 4 is 5.91 Å². The minimum absolute atomic E-state index is 0.0476. The summed E-state index contributed by atoms with van der Waals surface area (Å²) in [6.45, 7) is 9.27. The van der Waals surface area contributed by atoms with Crippen LogP contribution >= 0.6 is 0 Å². The number of hydrogen-bond donors (Lipinski definition) is 2. The number of aromatic nitrogens is 2. The molecule has 5 nitrogen and oxygen atoms in total. The Bertz CT molecular complexity index is 462. The second-order valence-electron chi connectivity index (χ2n) is 5.72. The van der Waals surface area contributed by atoms with Gasteiger partial charge in [0, 0.05) is 19.2 Å². The van der Waals surface area contributed by atoms with Crippen LogP contribution in [0.25, 0.3) is 0 Å². The summed E-state index contributed by atoms with van der Waals surface area (Å²) < 4.78 is 1.84. The van der Waals surface area contributed by atoms with Crippen LogP contribution in [0.1, 0.15) is 44.1 Å². The average molecular weight is 267 g/mol. The van der Waals surface area contributed by atoms with Gasteiger partial charge >= 0.3 is 0 Å². The number of aliphatic hydroxyl groups excluding tert-OH is 1. The molecule has 1 rings (SSSR count). The molecule has 1 aromatic heterocycles. The van der Waals surface area contributed by atoms with Crippen LogP contribution in [0.4, 0.5) is 0 Å². The molecule has 1 heterocycles. The van der Waals surface area contributed by atoms with Crippen LogP contribution < -0.4 is 5.32 Å². The van der Waals surface area contributed by atoms with Gasteiger partial charge in [-0.1, -0.05) is 0 Å². The Morgan fingerprint density at radius 1 is 1.47 bits per heavy atom. The lowest BCUT2D eigenvalue weighted by atomic mass is 9.98. The highest BCUT2D eigenvalue weighted by Crippen LogP contribution is 2.15. The topological polar surface area (TPSA) is 67.2 Å². The predicted molar refractivity (Wildman–Crippen MR) is 74.9 cm³/mol. The first kappa shape index (κ1) is 15.7. The molecule has 0 saturated heterocycles. The highest BCUT2D eigenvalue weighted by Gasteiger charge is 2.25. The number of aryl methyl sites for hydroxylation is 2. The molecule has 0 aromatic carbocycles. The molecule has 0 saturated carbocycles. The van der Waals surface area contributed by atoms with Crippen LogP contribution in [0.2, 0.25) is 0 Å². The summed E-state index contributed by atoms with van der Waals surface area (Å²) in [7, 11) is 1.91. The van der Waals surface area contributed by atoms with Crippen LogP contribution in [-0.2, 0) is 18.3 Å². The van der Waals surface area contributed by atoms with Crippen molar-refractivity contribution in [3.05, 3.63) is 17.0 Å². The van der Waals surface area contributed by atoms with Crippen LogP contribution in [0.15, 0.2) is 0 Å². The van der Waals surface area contributed by atoms with E-state index in [9.17, 15) is 9.90 Å². The van der Waals surface area contributed by atoms with Gasteiger partial charge in [0.15, 0.2) is 0 Å². The number of aliphatic hydroxyl groups is 1. The van der Waals surface area contributed by atoms with Crippen molar-refractivity contribution in [2.45, 2.75) is 59.1 Å². The van der Waals surface area contributed by atoms with Crippen molar-refractivity contribution in [2.24, 2.45) is 7.05 Å². The normalized spacial score (nSPS) is 13.4. The Balaban J connectivity index is 2.60. The van der Waals surface area contributed by atoms with Crippen molar-refractivity contribution in [3.63, 3.8) is 0 Å². The molecule has 19 heavy (non-hydrogen) atoms. The molecule has 2 N–H and O–H groups in total. The molecule has 1 aromatic rings. The summed E-state index contributed by atoms with van der Waals surface area (Å²) in [6.07, 6.45) is 0.495. The Morgan fingerprint density at radius 3 is 2.47 bits per heavy atom. The zero-order valence-corrected chi connectivity index (χ0v) is 12.7. The van der Waals surface area contributed by atoms with E-state index in [1.54, 1.807) is 6.92 Å². The maximum atomic E-state index is 11.9. The molecule has 1 amide bonds. The van der Waals surface area contributed by atoms with Gasteiger partial charge in [-0.25, -0.2) is 0 Å². The van der Waals surface area contributed by atoms with Crippen LogP contribution in [-0.4, -0.2) is 32.4 Å². The second-order valence-corrected chi connectivity index (χ2v) is 5.72. The van der Waals surface area contributed by atoms with Gasteiger partial charge in [0.2, 0.25) is 5.91 Å². The van der Waals surface area contributed by atoms with Crippen molar-refractivity contribution in [2.75, 3.05) is 0 Å². The Kier molecular flexibility index (Phi) is 4.74. The third kappa shape index (κ3) is 3.80. The quantitative estimate of drug-likeness (QED) is 0.843. The van der Waals surface area contributed by atoms with E-state index in [4.69, 9.17) is 0 Å². The molecular formula is C14H25N3O2. The van der Waals surface area contributed by atoms with Gasteiger partial charge in [-0.15, -0.1) is 0 Å². The smallest absolute Gasteiger partial charge is 0.220 e. The van der Waals surface area contributed by atoms with Gasteiger partial charge in [0.25, 0.3) is 0 Å². The molecular weight excluding hydrogens is 242 g/mol. The van der Waals surface area contributed by atoms with E-state index in [2.05, 4.69) is 10.4 Å². The van der Waals surface area contributed by atoms with Crippen LogP contribution in [0.3, 0.4) is 0 Å². The predicted octanol–water partition coefficient (Wildman–Crippen LogP) is 1.25. The van der Waals surface area contributed by atoms with Crippen molar-refractivity contribution in [1.29, 1.82) is 0 Å². The van der Waals surface area contributed by atoms with E-state index in [1.807, 2.05) is 39.4 Å². The number of carbonyl (C=O) groups excluding carboxylic acids is 1. The summed E-state index contributed by atoms with van der Waals surface area (Å²) in [4.78, 5) is 11.9. The fourth-order valence-electron chi connectivity index (χ4n) is 1.94. The lowest BCUT2D eigenvalue weighted by molar-refractivity contribution is -0.123. The number of amides is 1. The van der Waals surface area contributed by atoms with Crippen molar-refractivity contribution < 1.29 is 9.90 Å². The number of nitrogens with zero attached hydrogens (tertiary/aromatic N) is 2. The standard InChI is InChI=1S/C14H25N3O2/c1-9-12(10(2)17(6)16-9)7-8-13(19)15-14(4,5)11(3)18/h11,18H,7-8H2,1-6H3,(H,15,19). The summed E-state index contributed by atoms with van der Waals surface area (Å²) in [6, 6.07) is 0. The maximum absolute atomic E-state index is 11.9. The third-order valence-corrected chi connectivity index (χ3v) is 3.77. The minimum atomic E-state index is -0.601. The van der Waals surface area contributed by atoms with E-state index in [1.165, 1.54) is 0 Å².